The lowest BCUT2D eigenvalue weighted by molar-refractivity contribution is -0.144. The van der Waals surface area contributed by atoms with Gasteiger partial charge in [-0.25, -0.2) is 0 Å². The lowest BCUT2D eigenvalue weighted by Gasteiger charge is -2.28. The smallest absolute Gasteiger partial charge is 0.306 e. The van der Waals surface area contributed by atoms with Gasteiger partial charge >= 0.3 is 5.97 Å². The van der Waals surface area contributed by atoms with Crippen LogP contribution in [0.1, 0.15) is 41.6 Å². The van der Waals surface area contributed by atoms with Crippen molar-refractivity contribution in [1.29, 1.82) is 0 Å². The first-order chi connectivity index (χ1) is 9.58. The number of pyridine rings is 1. The molecule has 1 heterocycles. The number of amides is 1. The van der Waals surface area contributed by atoms with Gasteiger partial charge in [0.2, 0.25) is 0 Å². The summed E-state index contributed by atoms with van der Waals surface area (Å²) in [5.41, 5.74) is 1.45. The predicted molar refractivity (Wildman–Crippen MR) is 74.4 cm³/mol. The van der Waals surface area contributed by atoms with Crippen molar-refractivity contribution in [3.63, 3.8) is 0 Å². The number of aromatic nitrogens is 1. The lowest BCUT2D eigenvalue weighted by Crippen LogP contribution is -2.37. The molecule has 0 spiro atoms. The van der Waals surface area contributed by atoms with Crippen LogP contribution >= 0.6 is 0 Å². The Morgan fingerprint density at radius 3 is 2.80 bits per heavy atom. The zero-order valence-electron chi connectivity index (χ0n) is 11.6. The van der Waals surface area contributed by atoms with Crippen LogP contribution in [0.2, 0.25) is 0 Å². The maximum absolute atomic E-state index is 12.0. The third kappa shape index (κ3) is 3.56. The highest BCUT2D eigenvalue weighted by Gasteiger charge is 2.30. The number of carboxylic acid groups (broad SMARTS) is 1. The third-order valence-electron chi connectivity index (χ3n) is 3.89. The molecule has 0 saturated heterocycles. The van der Waals surface area contributed by atoms with Crippen LogP contribution in [-0.4, -0.2) is 28.5 Å². The molecule has 1 aromatic heterocycles. The number of rotatable bonds is 4. The highest BCUT2D eigenvalue weighted by Crippen LogP contribution is 2.29. The maximum atomic E-state index is 12.0. The Balaban J connectivity index is 1.93. The molecular formula is C15H20N2O3. The minimum Gasteiger partial charge on any atom is -0.481 e. The minimum absolute atomic E-state index is 0.0305. The van der Waals surface area contributed by atoms with Crippen molar-refractivity contribution in [1.82, 2.24) is 10.3 Å². The summed E-state index contributed by atoms with van der Waals surface area (Å²) in [4.78, 5) is 27.2. The van der Waals surface area contributed by atoms with Crippen molar-refractivity contribution in [3.05, 3.63) is 29.6 Å². The van der Waals surface area contributed by atoms with Crippen LogP contribution in [-0.2, 0) is 4.79 Å². The number of aliphatic carboxylic acids is 1. The Hall–Kier alpha value is -1.91. The Kier molecular flexibility index (Phi) is 4.71. The van der Waals surface area contributed by atoms with Crippen LogP contribution < -0.4 is 5.32 Å². The molecule has 0 aliphatic heterocycles. The van der Waals surface area contributed by atoms with E-state index in [0.717, 1.165) is 24.8 Å². The molecule has 20 heavy (non-hydrogen) atoms. The molecule has 1 aliphatic rings. The Morgan fingerprint density at radius 1 is 1.35 bits per heavy atom. The predicted octanol–water partition coefficient (Wildman–Crippen LogP) is 2.01. The second-order valence-electron chi connectivity index (χ2n) is 5.45. The first-order valence-electron chi connectivity index (χ1n) is 7.00. The summed E-state index contributed by atoms with van der Waals surface area (Å²) >= 11 is 0. The summed E-state index contributed by atoms with van der Waals surface area (Å²) in [6, 6.07) is 1.78. The van der Waals surface area contributed by atoms with Crippen LogP contribution in [0.3, 0.4) is 0 Å². The zero-order chi connectivity index (χ0) is 14.5. The Morgan fingerprint density at radius 2 is 2.10 bits per heavy atom. The molecule has 1 aromatic rings. The molecule has 1 aliphatic carbocycles. The van der Waals surface area contributed by atoms with Crippen molar-refractivity contribution >= 4 is 11.9 Å². The first-order valence-corrected chi connectivity index (χ1v) is 7.00. The van der Waals surface area contributed by atoms with Crippen LogP contribution in [0.15, 0.2) is 18.5 Å². The Bertz CT molecular complexity index is 502. The fourth-order valence-corrected chi connectivity index (χ4v) is 2.78. The van der Waals surface area contributed by atoms with Crippen molar-refractivity contribution in [2.45, 2.75) is 32.6 Å². The second-order valence-corrected chi connectivity index (χ2v) is 5.45. The molecule has 0 aromatic carbocycles. The van der Waals surface area contributed by atoms with E-state index >= 15 is 0 Å². The van der Waals surface area contributed by atoms with E-state index in [0.29, 0.717) is 18.5 Å². The first kappa shape index (κ1) is 14.5. The molecular weight excluding hydrogens is 256 g/mol. The van der Waals surface area contributed by atoms with Gasteiger partial charge in [-0.15, -0.1) is 0 Å². The molecule has 2 unspecified atom stereocenters. The average molecular weight is 276 g/mol. The van der Waals surface area contributed by atoms with E-state index in [1.165, 1.54) is 6.20 Å². The molecule has 5 nitrogen and oxygen atoms in total. The normalized spacial score (nSPS) is 22.2. The number of carboxylic acids is 1. The standard InChI is InChI=1S/C15H20N2O3/c1-10-6-12(8-16-7-10)14(18)17-9-11-4-2-3-5-13(11)15(19)20/h6-8,11,13H,2-5,9H2,1H3,(H,17,18)(H,19,20). The molecule has 1 saturated carbocycles. The molecule has 2 atom stereocenters. The fraction of sp³-hybridized carbons (Fsp3) is 0.533. The van der Waals surface area contributed by atoms with E-state index in [-0.39, 0.29) is 17.7 Å². The molecule has 2 N–H and O–H groups in total. The number of carbonyl (C=O) groups excluding carboxylic acids is 1. The van der Waals surface area contributed by atoms with Gasteiger partial charge in [0.25, 0.3) is 5.91 Å². The number of hydrogen-bond donors (Lipinski definition) is 2. The second kappa shape index (κ2) is 6.50. The van der Waals surface area contributed by atoms with E-state index in [4.69, 9.17) is 0 Å². The quantitative estimate of drug-likeness (QED) is 0.881. The fourth-order valence-electron chi connectivity index (χ4n) is 2.78. The van der Waals surface area contributed by atoms with E-state index in [9.17, 15) is 14.7 Å². The summed E-state index contributed by atoms with van der Waals surface area (Å²) < 4.78 is 0. The summed E-state index contributed by atoms with van der Waals surface area (Å²) in [5.74, 6) is -1.24. The van der Waals surface area contributed by atoms with Crippen LogP contribution in [0.25, 0.3) is 0 Å². The summed E-state index contributed by atoms with van der Waals surface area (Å²) in [5, 5.41) is 12.0. The molecule has 2 rings (SSSR count). The SMILES string of the molecule is Cc1cncc(C(=O)NCC2CCCCC2C(=O)O)c1. The van der Waals surface area contributed by atoms with Crippen LogP contribution in [0.4, 0.5) is 0 Å². The van der Waals surface area contributed by atoms with Gasteiger partial charge in [-0.1, -0.05) is 12.8 Å². The van der Waals surface area contributed by atoms with Crippen LogP contribution in [0.5, 0.6) is 0 Å². The molecule has 0 radical (unpaired) electrons. The van der Waals surface area contributed by atoms with Gasteiger partial charge in [0, 0.05) is 18.9 Å². The highest BCUT2D eigenvalue weighted by molar-refractivity contribution is 5.94. The molecule has 1 fully saturated rings. The van der Waals surface area contributed by atoms with E-state index in [1.807, 2.05) is 6.92 Å². The van der Waals surface area contributed by atoms with Crippen LogP contribution in [0, 0.1) is 18.8 Å². The topological polar surface area (TPSA) is 79.3 Å². The highest BCUT2D eigenvalue weighted by atomic mass is 16.4. The minimum atomic E-state index is -0.749. The summed E-state index contributed by atoms with van der Waals surface area (Å²) in [6.07, 6.45) is 6.79. The number of carbonyl (C=O) groups is 2. The van der Waals surface area contributed by atoms with E-state index in [2.05, 4.69) is 10.3 Å². The maximum Gasteiger partial charge on any atom is 0.306 e. The lowest BCUT2D eigenvalue weighted by atomic mass is 9.79. The number of aryl methyl sites for hydroxylation is 1. The third-order valence-corrected chi connectivity index (χ3v) is 3.89. The van der Waals surface area contributed by atoms with Crippen molar-refractivity contribution < 1.29 is 14.7 Å². The Labute approximate surface area is 118 Å². The van der Waals surface area contributed by atoms with Gasteiger partial charge in [0.1, 0.15) is 0 Å². The van der Waals surface area contributed by atoms with Gasteiger partial charge < -0.3 is 10.4 Å². The number of hydrogen-bond acceptors (Lipinski definition) is 3. The van der Waals surface area contributed by atoms with E-state index in [1.54, 1.807) is 12.3 Å². The summed E-state index contributed by atoms with van der Waals surface area (Å²) in [7, 11) is 0. The van der Waals surface area contributed by atoms with Crippen molar-refractivity contribution in [3.8, 4) is 0 Å². The number of nitrogens with zero attached hydrogens (tertiary/aromatic N) is 1. The zero-order valence-corrected chi connectivity index (χ0v) is 11.6. The van der Waals surface area contributed by atoms with Gasteiger partial charge in [-0.05, 0) is 37.3 Å². The monoisotopic (exact) mass is 276 g/mol. The number of nitrogens with one attached hydrogen (secondary N) is 1. The molecule has 1 amide bonds. The van der Waals surface area contributed by atoms with Gasteiger partial charge in [-0.3, -0.25) is 14.6 Å². The molecule has 5 heteroatoms. The van der Waals surface area contributed by atoms with Gasteiger partial charge in [0.05, 0.1) is 11.5 Å². The van der Waals surface area contributed by atoms with Gasteiger partial charge in [-0.2, -0.15) is 0 Å². The summed E-state index contributed by atoms with van der Waals surface area (Å²) in [6.45, 7) is 2.30. The average Bonchev–Trinajstić information content (AvgIpc) is 2.45. The largest absolute Gasteiger partial charge is 0.481 e. The van der Waals surface area contributed by atoms with Gasteiger partial charge in [0.15, 0.2) is 0 Å². The molecule has 0 bridgehead atoms. The van der Waals surface area contributed by atoms with Crippen molar-refractivity contribution in [2.75, 3.05) is 6.54 Å². The molecule has 108 valence electrons. The van der Waals surface area contributed by atoms with E-state index < -0.39 is 5.97 Å². The van der Waals surface area contributed by atoms with Crippen molar-refractivity contribution in [2.24, 2.45) is 11.8 Å².